The van der Waals surface area contributed by atoms with Crippen LogP contribution in [0.3, 0.4) is 0 Å². The molecule has 58 heavy (non-hydrogen) atoms. The molecule has 0 bridgehead atoms. The maximum Gasteiger partial charge on any atom is 0.437 e. The number of amidine groups is 1. The van der Waals surface area contributed by atoms with Gasteiger partial charge in [-0.3, -0.25) is 10.7 Å². The molecule has 0 aliphatic heterocycles. The van der Waals surface area contributed by atoms with Crippen LogP contribution in [0.2, 0.25) is 0 Å². The summed E-state index contributed by atoms with van der Waals surface area (Å²) < 4.78 is 22.3. The standard InChI is InChI=1S/C44H62N6O8/c1-30(45)33-24-20-31(21-25-33)18-14-16-28-49(39(53)57-43(8,9)10)36(48-38(52)56-42(5,6)7)50(40(54)58-44(11,12)13)29-17-15-19-32-22-26-34(27-23-32)35(46)47-37(51)55-41(2,3)4/h14-15,18-27,45H,16-17,28-29H2,1-13H3,(H2,46,47,51)/b18-14+,19-15+,45-30?,48-36?. The Hall–Kier alpha value is -5.79. The Morgan fingerprint density at radius 3 is 1.34 bits per heavy atom. The molecule has 14 nitrogen and oxygen atoms in total. The van der Waals surface area contributed by atoms with Crippen molar-refractivity contribution in [2.75, 3.05) is 13.1 Å². The summed E-state index contributed by atoms with van der Waals surface area (Å²) in [6.45, 7) is 22.1. The van der Waals surface area contributed by atoms with Crippen molar-refractivity contribution in [3.8, 4) is 0 Å². The molecule has 0 unspecified atom stereocenters. The fourth-order valence-electron chi connectivity index (χ4n) is 4.74. The number of ether oxygens (including phenoxy) is 4. The maximum atomic E-state index is 14.0. The summed E-state index contributed by atoms with van der Waals surface area (Å²) in [6, 6.07) is 14.3. The quantitative estimate of drug-likeness (QED) is 0.120. The Labute approximate surface area is 343 Å². The van der Waals surface area contributed by atoms with E-state index in [-0.39, 0.29) is 37.7 Å². The third-order valence-electron chi connectivity index (χ3n) is 7.12. The Balaban J connectivity index is 2.51. The highest BCUT2D eigenvalue weighted by atomic mass is 16.6. The minimum Gasteiger partial charge on any atom is -0.444 e. The summed E-state index contributed by atoms with van der Waals surface area (Å²) in [5, 5.41) is 18.5. The molecule has 0 spiro atoms. The molecule has 0 fully saturated rings. The van der Waals surface area contributed by atoms with E-state index in [9.17, 15) is 19.2 Å². The van der Waals surface area contributed by atoms with Gasteiger partial charge in [0.2, 0.25) is 5.96 Å². The summed E-state index contributed by atoms with van der Waals surface area (Å²) in [5.41, 5.74) is -0.149. The van der Waals surface area contributed by atoms with E-state index in [0.29, 0.717) is 11.3 Å². The zero-order valence-electron chi connectivity index (χ0n) is 36.4. The van der Waals surface area contributed by atoms with E-state index in [2.05, 4.69) is 10.3 Å². The summed E-state index contributed by atoms with van der Waals surface area (Å²) in [6.07, 6.45) is 4.38. The average Bonchev–Trinajstić information content (AvgIpc) is 3.04. The second kappa shape index (κ2) is 20.6. The zero-order valence-corrected chi connectivity index (χ0v) is 36.4. The monoisotopic (exact) mass is 802 g/mol. The van der Waals surface area contributed by atoms with Crippen molar-refractivity contribution in [1.29, 1.82) is 10.8 Å². The van der Waals surface area contributed by atoms with Crippen molar-refractivity contribution in [3.63, 3.8) is 0 Å². The highest BCUT2D eigenvalue weighted by Gasteiger charge is 2.35. The van der Waals surface area contributed by atoms with E-state index in [1.165, 1.54) is 0 Å². The number of amides is 4. The molecule has 0 aliphatic carbocycles. The molecule has 0 saturated heterocycles. The van der Waals surface area contributed by atoms with E-state index in [1.807, 2.05) is 36.4 Å². The van der Waals surface area contributed by atoms with Crippen LogP contribution in [-0.4, -0.2) is 87.2 Å². The van der Waals surface area contributed by atoms with Crippen molar-refractivity contribution in [3.05, 3.63) is 82.9 Å². The molecule has 3 N–H and O–H groups in total. The Morgan fingerprint density at radius 1 is 0.603 bits per heavy atom. The van der Waals surface area contributed by atoms with E-state index in [0.717, 1.165) is 26.5 Å². The van der Waals surface area contributed by atoms with E-state index < -0.39 is 46.8 Å². The van der Waals surface area contributed by atoms with Crippen LogP contribution in [0.4, 0.5) is 19.2 Å². The van der Waals surface area contributed by atoms with Gasteiger partial charge >= 0.3 is 24.4 Å². The molecular formula is C44H62N6O8. The summed E-state index contributed by atoms with van der Waals surface area (Å²) in [4.78, 5) is 59.8. The van der Waals surface area contributed by atoms with Crippen molar-refractivity contribution in [2.45, 2.75) is 125 Å². The number of aliphatic imine (C=N–C) groups is 1. The molecule has 0 saturated carbocycles. The van der Waals surface area contributed by atoms with Crippen molar-refractivity contribution in [2.24, 2.45) is 4.99 Å². The van der Waals surface area contributed by atoms with Gasteiger partial charge in [-0.2, -0.15) is 0 Å². The average molecular weight is 803 g/mol. The lowest BCUT2D eigenvalue weighted by Gasteiger charge is -2.34. The predicted octanol–water partition coefficient (Wildman–Crippen LogP) is 10.2. The van der Waals surface area contributed by atoms with Crippen LogP contribution in [0.1, 0.15) is 125 Å². The largest absolute Gasteiger partial charge is 0.444 e. The third-order valence-corrected chi connectivity index (χ3v) is 7.12. The van der Waals surface area contributed by atoms with Crippen LogP contribution in [0.15, 0.2) is 65.7 Å². The van der Waals surface area contributed by atoms with Gasteiger partial charge in [0.1, 0.15) is 28.2 Å². The van der Waals surface area contributed by atoms with Gasteiger partial charge in [0.25, 0.3) is 0 Å². The number of rotatable bonds is 10. The maximum absolute atomic E-state index is 14.0. The van der Waals surface area contributed by atoms with Crippen molar-refractivity contribution < 1.29 is 38.1 Å². The van der Waals surface area contributed by atoms with Crippen LogP contribution in [0.25, 0.3) is 12.2 Å². The third kappa shape index (κ3) is 18.9. The van der Waals surface area contributed by atoms with Gasteiger partial charge in [0.15, 0.2) is 0 Å². The molecule has 2 rings (SSSR count). The smallest absolute Gasteiger partial charge is 0.437 e. The fraction of sp³-hybridized carbons (Fsp3) is 0.477. The SMILES string of the molecule is CC(=N)c1ccc(/C=C/CCN(C(=O)OC(C)(C)C)C(=NC(=O)OC(C)(C)C)N(CC/C=C/c2ccc(C(=N)NC(=O)OC(C)(C)C)cc2)C(=O)OC(C)(C)C)cc1. The van der Waals surface area contributed by atoms with E-state index in [1.54, 1.807) is 126 Å². The van der Waals surface area contributed by atoms with Gasteiger partial charge in [-0.1, -0.05) is 72.8 Å². The van der Waals surface area contributed by atoms with Crippen LogP contribution in [0, 0.1) is 10.8 Å². The number of benzene rings is 2. The number of guanidine groups is 1. The molecule has 2 aromatic carbocycles. The number of nitrogens with zero attached hydrogens (tertiary/aromatic N) is 3. The molecule has 14 heteroatoms. The number of hydrogen-bond acceptors (Lipinski definition) is 10. The van der Waals surface area contributed by atoms with Crippen LogP contribution < -0.4 is 5.32 Å². The van der Waals surface area contributed by atoms with E-state index >= 15 is 0 Å². The number of carbonyl (C=O) groups excluding carboxylic acids is 4. The highest BCUT2D eigenvalue weighted by molar-refractivity contribution is 6.05. The molecule has 0 aliphatic rings. The first-order valence-electron chi connectivity index (χ1n) is 19.1. The number of hydrogen-bond donors (Lipinski definition) is 3. The van der Waals surface area contributed by atoms with E-state index in [4.69, 9.17) is 29.8 Å². The first-order chi connectivity index (χ1) is 26.6. The minimum atomic E-state index is -1.02. The lowest BCUT2D eigenvalue weighted by molar-refractivity contribution is 0.0277. The zero-order chi connectivity index (χ0) is 44.1. The van der Waals surface area contributed by atoms with Gasteiger partial charge in [-0.15, -0.1) is 4.99 Å². The molecule has 0 atom stereocenters. The van der Waals surface area contributed by atoms with Crippen molar-refractivity contribution >= 4 is 54.0 Å². The normalized spacial score (nSPS) is 12.5. The first-order valence-corrected chi connectivity index (χ1v) is 19.1. The van der Waals surface area contributed by atoms with Gasteiger partial charge < -0.3 is 24.4 Å². The highest BCUT2D eigenvalue weighted by Crippen LogP contribution is 2.19. The lowest BCUT2D eigenvalue weighted by Crippen LogP contribution is -2.53. The Morgan fingerprint density at radius 2 is 0.983 bits per heavy atom. The molecule has 0 radical (unpaired) electrons. The predicted molar refractivity (Wildman–Crippen MR) is 228 cm³/mol. The Bertz CT molecular complexity index is 1850. The minimum absolute atomic E-state index is 0.0377. The van der Waals surface area contributed by atoms with Gasteiger partial charge in [0.05, 0.1) is 0 Å². The lowest BCUT2D eigenvalue weighted by atomic mass is 10.1. The summed E-state index contributed by atoms with van der Waals surface area (Å²) >= 11 is 0. The molecule has 0 aromatic heterocycles. The van der Waals surface area contributed by atoms with Crippen molar-refractivity contribution in [1.82, 2.24) is 15.1 Å². The van der Waals surface area contributed by atoms with Gasteiger partial charge in [0, 0.05) is 24.4 Å². The summed E-state index contributed by atoms with van der Waals surface area (Å²) in [5.74, 6) is -0.446. The van der Waals surface area contributed by atoms with Gasteiger partial charge in [-0.05, 0) is 120 Å². The van der Waals surface area contributed by atoms with Crippen LogP contribution in [0.5, 0.6) is 0 Å². The second-order valence-corrected chi connectivity index (χ2v) is 17.4. The van der Waals surface area contributed by atoms with Crippen LogP contribution >= 0.6 is 0 Å². The number of alkyl carbamates (subject to hydrolysis) is 1. The number of carbonyl (C=O) groups is 4. The number of nitrogens with one attached hydrogen (secondary N) is 3. The molecule has 2 aromatic rings. The first kappa shape index (κ1) is 48.4. The summed E-state index contributed by atoms with van der Waals surface area (Å²) in [7, 11) is 0. The molecule has 4 amide bonds. The fourth-order valence-corrected chi connectivity index (χ4v) is 4.74. The second-order valence-electron chi connectivity index (χ2n) is 17.4. The Kier molecular flexibility index (Phi) is 17.2. The topological polar surface area (TPSA) is 184 Å². The van der Waals surface area contributed by atoms with Crippen LogP contribution in [-0.2, 0) is 18.9 Å². The molecule has 316 valence electrons. The van der Waals surface area contributed by atoms with Gasteiger partial charge in [-0.25, -0.2) is 29.0 Å². The molecule has 0 heterocycles. The molecular weight excluding hydrogens is 741 g/mol.